The lowest BCUT2D eigenvalue weighted by molar-refractivity contribution is 0.0814. The number of hydrogen-bond acceptors (Lipinski definition) is 6. The quantitative estimate of drug-likeness (QED) is 0.367. The largest absolute Gasteiger partial charge is 0.496 e. The van der Waals surface area contributed by atoms with Gasteiger partial charge in [-0.2, -0.15) is 0 Å². The predicted molar refractivity (Wildman–Crippen MR) is 100 cm³/mol. The lowest BCUT2D eigenvalue weighted by Crippen LogP contribution is -2.16. The molecule has 2 aromatic carbocycles. The van der Waals surface area contributed by atoms with Crippen LogP contribution in [0.3, 0.4) is 0 Å². The summed E-state index contributed by atoms with van der Waals surface area (Å²) >= 11 is 3.35. The Kier molecular flexibility index (Phi) is 6.63. The number of carbonyl (C=O) groups excluding carboxylic acids is 2. The molecule has 2 rings (SSSR count). The number of alkyl halides is 1. The number of benzene rings is 2. The van der Waals surface area contributed by atoms with Gasteiger partial charge in [-0.25, -0.2) is 0 Å². The average Bonchev–Trinajstić information content (AvgIpc) is 2.70. The summed E-state index contributed by atoms with van der Waals surface area (Å²) in [5.41, 5.74) is 1.26. The van der Waals surface area contributed by atoms with Crippen LogP contribution in [0.25, 0.3) is 0 Å². The van der Waals surface area contributed by atoms with Gasteiger partial charge in [-0.05, 0) is 29.8 Å². The van der Waals surface area contributed by atoms with E-state index in [-0.39, 0.29) is 11.1 Å². The molecule has 0 aliphatic rings. The Morgan fingerprint density at radius 2 is 1.38 bits per heavy atom. The Hall–Kier alpha value is -2.54. The second kappa shape index (κ2) is 8.71. The van der Waals surface area contributed by atoms with Crippen LogP contribution in [0.1, 0.15) is 26.3 Å². The molecule has 0 unspecified atom stereocenters. The number of Topliss-reactive ketones (excluding diaryl/α,β-unsaturated/α-hetero) is 2. The smallest absolute Gasteiger partial charge is 0.237 e. The molecule has 0 fully saturated rings. The van der Waals surface area contributed by atoms with Crippen LogP contribution in [0.5, 0.6) is 23.0 Å². The zero-order chi connectivity index (χ0) is 19.3. The molecule has 0 aliphatic carbocycles. The highest BCUT2D eigenvalue weighted by Crippen LogP contribution is 2.38. The molecule has 0 radical (unpaired) electrons. The fraction of sp³-hybridized carbons (Fsp3) is 0.263. The minimum absolute atomic E-state index is 0.135. The molecule has 0 atom stereocenters. The van der Waals surface area contributed by atoms with E-state index in [1.807, 2.05) is 0 Å². The highest BCUT2D eigenvalue weighted by molar-refractivity contribution is 9.08. The maximum Gasteiger partial charge on any atom is 0.237 e. The van der Waals surface area contributed by atoms with E-state index in [1.54, 1.807) is 18.2 Å². The summed E-state index contributed by atoms with van der Waals surface area (Å²) in [4.78, 5) is 25.5. The summed E-state index contributed by atoms with van der Waals surface area (Å²) in [7, 11) is 5.79. The van der Waals surface area contributed by atoms with Crippen molar-refractivity contribution >= 4 is 27.5 Å². The van der Waals surface area contributed by atoms with Crippen LogP contribution < -0.4 is 18.9 Å². The summed E-state index contributed by atoms with van der Waals surface area (Å²) in [5.74, 6) is -0.105. The maximum atomic E-state index is 12.7. The van der Waals surface area contributed by atoms with Crippen molar-refractivity contribution in [1.82, 2.24) is 0 Å². The molecule has 7 heteroatoms. The molecule has 0 heterocycles. The van der Waals surface area contributed by atoms with E-state index in [9.17, 15) is 9.59 Å². The lowest BCUT2D eigenvalue weighted by atomic mass is 9.99. The molecule has 0 aliphatic heterocycles. The number of methoxy groups -OCH3 is 4. The van der Waals surface area contributed by atoms with Crippen LogP contribution in [0.15, 0.2) is 30.3 Å². The van der Waals surface area contributed by atoms with Crippen molar-refractivity contribution in [3.05, 3.63) is 47.0 Å². The molecule has 2 aromatic rings. The summed E-state index contributed by atoms with van der Waals surface area (Å²) in [6, 6.07) is 7.94. The minimum atomic E-state index is -0.700. The van der Waals surface area contributed by atoms with E-state index in [1.165, 1.54) is 40.6 Å². The first-order valence-electron chi connectivity index (χ1n) is 7.62. The Labute approximate surface area is 160 Å². The van der Waals surface area contributed by atoms with E-state index >= 15 is 0 Å². The van der Waals surface area contributed by atoms with Gasteiger partial charge < -0.3 is 18.9 Å². The first-order chi connectivity index (χ1) is 12.5. The van der Waals surface area contributed by atoms with E-state index in [0.29, 0.717) is 28.3 Å². The van der Waals surface area contributed by atoms with Gasteiger partial charge in [0.05, 0.1) is 34.0 Å². The third-order valence-corrected chi connectivity index (χ3v) is 4.45. The second-order valence-corrected chi connectivity index (χ2v) is 5.80. The normalized spacial score (nSPS) is 10.2. The first kappa shape index (κ1) is 19.8. The topological polar surface area (TPSA) is 71.1 Å². The molecule has 0 spiro atoms. The molecule has 26 heavy (non-hydrogen) atoms. The standard InChI is InChI=1S/C19H19BrO6/c1-23-14-7-11(10-20)5-6-13(14)18(22)17(21)12-8-15(24-2)19(26-4)16(9-12)25-3/h5-9H,10H2,1-4H3. The lowest BCUT2D eigenvalue weighted by Gasteiger charge is -2.14. The number of ketones is 2. The number of ether oxygens (including phenoxy) is 4. The van der Waals surface area contributed by atoms with Crippen LogP contribution >= 0.6 is 15.9 Å². The fourth-order valence-corrected chi connectivity index (χ4v) is 2.82. The predicted octanol–water partition coefficient (Wildman–Crippen LogP) is 3.68. The summed E-state index contributed by atoms with van der Waals surface area (Å²) < 4.78 is 21.0. The van der Waals surface area contributed by atoms with Gasteiger partial charge >= 0.3 is 0 Å². The van der Waals surface area contributed by atoms with Crippen molar-refractivity contribution < 1.29 is 28.5 Å². The number of rotatable bonds is 8. The molecule has 0 aromatic heterocycles. The molecular weight excluding hydrogens is 404 g/mol. The Balaban J connectivity index is 2.47. The molecule has 0 bridgehead atoms. The molecule has 0 saturated heterocycles. The van der Waals surface area contributed by atoms with Crippen molar-refractivity contribution in [3.63, 3.8) is 0 Å². The van der Waals surface area contributed by atoms with Gasteiger partial charge in [0.25, 0.3) is 0 Å². The molecule has 0 N–H and O–H groups in total. The van der Waals surface area contributed by atoms with Crippen LogP contribution in [0.2, 0.25) is 0 Å². The van der Waals surface area contributed by atoms with Gasteiger partial charge in [0.15, 0.2) is 11.5 Å². The fourth-order valence-electron chi connectivity index (χ4n) is 2.47. The van der Waals surface area contributed by atoms with Crippen LogP contribution in [-0.2, 0) is 5.33 Å². The monoisotopic (exact) mass is 422 g/mol. The molecule has 138 valence electrons. The van der Waals surface area contributed by atoms with E-state index in [0.717, 1.165) is 5.56 Å². The van der Waals surface area contributed by atoms with Crippen molar-refractivity contribution in [1.29, 1.82) is 0 Å². The highest BCUT2D eigenvalue weighted by Gasteiger charge is 2.25. The van der Waals surface area contributed by atoms with Crippen molar-refractivity contribution in [2.45, 2.75) is 5.33 Å². The number of halogens is 1. The molecule has 0 amide bonds. The maximum absolute atomic E-state index is 12.7. The van der Waals surface area contributed by atoms with Crippen molar-refractivity contribution in [2.24, 2.45) is 0 Å². The van der Waals surface area contributed by atoms with Gasteiger partial charge in [-0.1, -0.05) is 22.0 Å². The van der Waals surface area contributed by atoms with E-state index < -0.39 is 11.6 Å². The summed E-state index contributed by atoms with van der Waals surface area (Å²) in [6.07, 6.45) is 0. The third-order valence-electron chi connectivity index (χ3n) is 3.80. The SMILES string of the molecule is COc1cc(CBr)ccc1C(=O)C(=O)c1cc(OC)c(OC)c(OC)c1. The van der Waals surface area contributed by atoms with Gasteiger partial charge in [-0.3, -0.25) is 9.59 Å². The van der Waals surface area contributed by atoms with Gasteiger partial charge in [0.2, 0.25) is 17.3 Å². The van der Waals surface area contributed by atoms with E-state index in [4.69, 9.17) is 18.9 Å². The molecule has 0 saturated carbocycles. The van der Waals surface area contributed by atoms with Gasteiger partial charge in [0.1, 0.15) is 5.75 Å². The highest BCUT2D eigenvalue weighted by atomic mass is 79.9. The van der Waals surface area contributed by atoms with Crippen LogP contribution in [0.4, 0.5) is 0 Å². The summed E-state index contributed by atoms with van der Waals surface area (Å²) in [5, 5.41) is 0.610. The zero-order valence-corrected chi connectivity index (χ0v) is 16.5. The Bertz CT molecular complexity index is 806. The molecule has 6 nitrogen and oxygen atoms in total. The Morgan fingerprint density at radius 1 is 0.808 bits per heavy atom. The molecular formula is C19H19BrO6. The van der Waals surface area contributed by atoms with Crippen LogP contribution in [-0.4, -0.2) is 40.0 Å². The van der Waals surface area contributed by atoms with Gasteiger partial charge in [0, 0.05) is 10.9 Å². The Morgan fingerprint density at radius 3 is 1.85 bits per heavy atom. The van der Waals surface area contributed by atoms with E-state index in [2.05, 4.69) is 15.9 Å². The number of hydrogen-bond donors (Lipinski definition) is 0. The summed E-state index contributed by atoms with van der Waals surface area (Å²) in [6.45, 7) is 0. The van der Waals surface area contributed by atoms with Crippen molar-refractivity contribution in [3.8, 4) is 23.0 Å². The zero-order valence-electron chi connectivity index (χ0n) is 14.9. The number of carbonyl (C=O) groups is 2. The van der Waals surface area contributed by atoms with Crippen molar-refractivity contribution in [2.75, 3.05) is 28.4 Å². The minimum Gasteiger partial charge on any atom is -0.496 e. The van der Waals surface area contributed by atoms with Crippen LogP contribution in [0, 0.1) is 0 Å². The first-order valence-corrected chi connectivity index (χ1v) is 8.74. The third kappa shape index (κ3) is 3.83. The van der Waals surface area contributed by atoms with Gasteiger partial charge in [-0.15, -0.1) is 0 Å². The second-order valence-electron chi connectivity index (χ2n) is 5.24. The average molecular weight is 423 g/mol.